The van der Waals surface area contributed by atoms with Crippen LogP contribution in [0.2, 0.25) is 0 Å². The van der Waals surface area contributed by atoms with Crippen LogP contribution in [0.4, 0.5) is 17.1 Å². The Balaban J connectivity index is 1.15. The van der Waals surface area contributed by atoms with E-state index in [9.17, 15) is 0 Å². The number of allylic oxidation sites excluding steroid dienone is 1. The van der Waals surface area contributed by atoms with E-state index in [4.69, 9.17) is 4.42 Å². The molecule has 58 heavy (non-hydrogen) atoms. The van der Waals surface area contributed by atoms with E-state index in [1.807, 2.05) is 0 Å². The van der Waals surface area contributed by atoms with E-state index in [2.05, 4.69) is 200 Å². The average Bonchev–Trinajstić information content (AvgIpc) is 3.66. The zero-order valence-corrected chi connectivity index (χ0v) is 33.4. The van der Waals surface area contributed by atoms with Gasteiger partial charge in [0, 0.05) is 33.1 Å². The van der Waals surface area contributed by atoms with Gasteiger partial charge in [-0.1, -0.05) is 155 Å². The predicted octanol–water partition coefficient (Wildman–Crippen LogP) is 7.84. The van der Waals surface area contributed by atoms with Crippen LogP contribution in [0.25, 0.3) is 82.6 Å². The first-order valence-corrected chi connectivity index (χ1v) is 20.5. The van der Waals surface area contributed by atoms with E-state index >= 15 is 0 Å². The highest BCUT2D eigenvalue weighted by molar-refractivity contribution is 6.63. The molecule has 0 unspecified atom stereocenters. The van der Waals surface area contributed by atoms with Crippen LogP contribution in [0.1, 0.15) is 17.5 Å². The molecule has 0 bridgehead atoms. The van der Waals surface area contributed by atoms with E-state index in [1.165, 1.54) is 93.4 Å². The topological polar surface area (TPSA) is 16.4 Å². The summed E-state index contributed by atoms with van der Waals surface area (Å²) in [6, 6.07) is 55.6. The van der Waals surface area contributed by atoms with E-state index in [-0.39, 0.29) is 0 Å². The van der Waals surface area contributed by atoms with Crippen LogP contribution in [-0.2, 0) is 6.42 Å². The Bertz CT molecular complexity index is 3320. The summed E-state index contributed by atoms with van der Waals surface area (Å²) in [4.78, 5) is 2.55. The van der Waals surface area contributed by atoms with Gasteiger partial charge in [-0.05, 0) is 97.9 Å². The van der Waals surface area contributed by atoms with Crippen molar-refractivity contribution < 1.29 is 4.42 Å². The van der Waals surface area contributed by atoms with Crippen molar-refractivity contribution in [3.8, 4) is 22.3 Å². The van der Waals surface area contributed by atoms with Crippen LogP contribution >= 0.6 is 0 Å². The minimum absolute atomic E-state index is 0.922. The number of aryl methyl sites for hydroxylation is 1. The molecule has 1 heterocycles. The van der Waals surface area contributed by atoms with E-state index in [1.54, 1.807) is 0 Å². The molecular weight excluding hydrogens is 698 g/mol. The third kappa shape index (κ3) is 5.24. The second-order valence-electron chi connectivity index (χ2n) is 16.0. The van der Waals surface area contributed by atoms with Gasteiger partial charge < -0.3 is 9.32 Å². The molecule has 11 rings (SSSR count). The number of benzene rings is 9. The fourth-order valence-corrected chi connectivity index (χ4v) is 9.91. The summed E-state index contributed by atoms with van der Waals surface area (Å²) >= 11 is 0. The maximum absolute atomic E-state index is 6.63. The molecule has 0 N–H and O–H groups in total. The molecule has 9 aromatic carbocycles. The molecule has 0 saturated carbocycles. The quantitative estimate of drug-likeness (QED) is 0.132. The number of furan rings is 1. The molecule has 2 nitrogen and oxygen atoms in total. The van der Waals surface area contributed by atoms with E-state index < -0.39 is 0 Å². The molecule has 0 atom stereocenters. The fourth-order valence-electron chi connectivity index (χ4n) is 9.91. The number of hydrogen-bond donors (Lipinski definition) is 0. The molecule has 1 aromatic heterocycles. The third-order valence-electron chi connectivity index (χ3n) is 12.9. The third-order valence-corrected chi connectivity index (χ3v) is 12.9. The van der Waals surface area contributed by atoms with Gasteiger partial charge in [-0.15, -0.1) is 0 Å². The minimum Gasteiger partial charge on any atom is -0.455 e. The number of para-hydroxylation sites is 2. The molecule has 270 valence electrons. The molecule has 1 aliphatic rings. The summed E-state index contributed by atoms with van der Waals surface area (Å²) < 4.78 is 6.63. The number of anilines is 3. The normalized spacial score (nSPS) is 12.6. The highest BCUT2D eigenvalue weighted by Crippen LogP contribution is 2.43. The SMILES string of the molecule is Bc1c(B)c(N(c2ccc(-c3cc4ccccc4c4ccccc34)cc2)c2cc3c(c4ccccc24)C=CCC3)c(B)c(B)c1-c1cccc2c1oc1ccccc12. The van der Waals surface area contributed by atoms with E-state index in [0.29, 0.717) is 0 Å². The van der Waals surface area contributed by atoms with Crippen LogP contribution in [0.5, 0.6) is 0 Å². The van der Waals surface area contributed by atoms with Crippen molar-refractivity contribution in [2.45, 2.75) is 12.8 Å². The zero-order valence-electron chi connectivity index (χ0n) is 33.4. The molecule has 0 radical (unpaired) electrons. The molecule has 0 amide bonds. The Morgan fingerprint density at radius 2 is 1.14 bits per heavy atom. The van der Waals surface area contributed by atoms with E-state index in [0.717, 1.165) is 46.0 Å². The summed E-state index contributed by atoms with van der Waals surface area (Å²) in [5.74, 6) is 0. The highest BCUT2D eigenvalue weighted by Gasteiger charge is 2.26. The van der Waals surface area contributed by atoms with Crippen molar-refractivity contribution in [3.63, 3.8) is 0 Å². The standard InChI is InChI=1S/C52H39B4NO/c53-47-46(42-22-11-21-41-40-20-9-10-23-45(40)58-52(41)42)48(54)50(56)51(49(47)55)57(44-29-32-13-2-4-15-35(32)37-17-7-8-19-39(37)44)33-26-24-30(25-27-33)43-28-31-12-1-3-14-34(31)36-16-5-6-18-38(36)43/h1,3-12,14-29H,2,13,53-56H2. The first-order chi connectivity index (χ1) is 28.5. The summed E-state index contributed by atoms with van der Waals surface area (Å²) in [5, 5.41) is 9.96. The van der Waals surface area contributed by atoms with Gasteiger partial charge in [0.25, 0.3) is 0 Å². The van der Waals surface area contributed by atoms with Crippen molar-refractivity contribution in [2.24, 2.45) is 0 Å². The minimum atomic E-state index is 0.922. The Hall–Kier alpha value is -6.64. The van der Waals surface area contributed by atoms with Gasteiger partial charge in [-0.3, -0.25) is 0 Å². The lowest BCUT2D eigenvalue weighted by atomic mass is 9.64. The van der Waals surface area contributed by atoms with Crippen molar-refractivity contribution in [1.82, 2.24) is 0 Å². The number of fused-ring (bicyclic) bond motifs is 9. The summed E-state index contributed by atoms with van der Waals surface area (Å²) in [7, 11) is 9.21. The second kappa shape index (κ2) is 13.5. The van der Waals surface area contributed by atoms with Crippen LogP contribution in [-0.4, -0.2) is 31.4 Å². The Labute approximate surface area is 342 Å². The van der Waals surface area contributed by atoms with Gasteiger partial charge >= 0.3 is 0 Å². The van der Waals surface area contributed by atoms with Crippen molar-refractivity contribution in [1.29, 1.82) is 0 Å². The van der Waals surface area contributed by atoms with Gasteiger partial charge in [0.15, 0.2) is 0 Å². The summed E-state index contributed by atoms with van der Waals surface area (Å²) in [5.41, 5.74) is 18.1. The molecule has 6 heteroatoms. The fraction of sp³-hybridized carbons (Fsp3) is 0.0385. The van der Waals surface area contributed by atoms with Crippen molar-refractivity contribution in [2.75, 3.05) is 4.90 Å². The van der Waals surface area contributed by atoms with Gasteiger partial charge in [0.2, 0.25) is 0 Å². The lowest BCUT2D eigenvalue weighted by Crippen LogP contribution is -2.46. The van der Waals surface area contributed by atoms with Gasteiger partial charge in [-0.2, -0.15) is 0 Å². The van der Waals surface area contributed by atoms with Gasteiger partial charge in [0.1, 0.15) is 42.6 Å². The predicted molar refractivity (Wildman–Crippen MR) is 262 cm³/mol. The number of rotatable bonds is 5. The van der Waals surface area contributed by atoms with Gasteiger partial charge in [-0.25, -0.2) is 0 Å². The summed E-state index contributed by atoms with van der Waals surface area (Å²) in [6.45, 7) is 0. The number of nitrogens with zero attached hydrogens (tertiary/aromatic N) is 1. The summed E-state index contributed by atoms with van der Waals surface area (Å²) in [6.07, 6.45) is 6.74. The molecular formula is C52H39B4NO. The maximum atomic E-state index is 6.63. The Morgan fingerprint density at radius 1 is 0.500 bits per heavy atom. The molecule has 0 spiro atoms. The van der Waals surface area contributed by atoms with Crippen molar-refractivity contribution in [3.05, 3.63) is 169 Å². The average molecular weight is 737 g/mol. The molecule has 0 aliphatic heterocycles. The van der Waals surface area contributed by atoms with Gasteiger partial charge in [0.05, 0.1) is 5.69 Å². The van der Waals surface area contributed by atoms with Crippen molar-refractivity contribution >= 4 is 131 Å². The van der Waals surface area contributed by atoms with Crippen LogP contribution in [0, 0.1) is 0 Å². The monoisotopic (exact) mass is 737 g/mol. The Kier molecular flexibility index (Phi) is 8.05. The van der Waals surface area contributed by atoms with Crippen LogP contribution < -0.4 is 26.8 Å². The smallest absolute Gasteiger partial charge is 0.143 e. The maximum Gasteiger partial charge on any atom is 0.143 e. The van der Waals surface area contributed by atoms with Crippen LogP contribution in [0.15, 0.2) is 162 Å². The molecule has 10 aromatic rings. The molecule has 1 aliphatic carbocycles. The lowest BCUT2D eigenvalue weighted by molar-refractivity contribution is 0.670. The second-order valence-corrected chi connectivity index (χ2v) is 16.0. The first kappa shape index (κ1) is 34.6. The molecule has 0 saturated heterocycles. The lowest BCUT2D eigenvalue weighted by Gasteiger charge is -2.34. The first-order valence-electron chi connectivity index (χ1n) is 20.5. The molecule has 0 fully saturated rings. The zero-order chi connectivity index (χ0) is 39.1. The largest absolute Gasteiger partial charge is 0.455 e. The van der Waals surface area contributed by atoms with Crippen LogP contribution in [0.3, 0.4) is 0 Å². The highest BCUT2D eigenvalue weighted by atomic mass is 16.3. The Morgan fingerprint density at radius 3 is 1.91 bits per heavy atom. The number of hydrogen-bond acceptors (Lipinski definition) is 2.